The van der Waals surface area contributed by atoms with Crippen molar-refractivity contribution in [1.29, 1.82) is 0 Å². The molecule has 2 N–H and O–H groups in total. The van der Waals surface area contributed by atoms with E-state index in [-0.39, 0.29) is 10.6 Å². The Balaban J connectivity index is 3.06. The summed E-state index contributed by atoms with van der Waals surface area (Å²) in [5, 5.41) is 0.0729. The summed E-state index contributed by atoms with van der Waals surface area (Å²) in [6.45, 7) is 1.97. The van der Waals surface area contributed by atoms with Crippen LogP contribution in [-0.4, -0.2) is 0 Å². The molecule has 0 saturated heterocycles. The van der Waals surface area contributed by atoms with Crippen molar-refractivity contribution < 1.29 is 13.2 Å². The zero-order valence-corrected chi connectivity index (χ0v) is 10.3. The maximum absolute atomic E-state index is 12.8. The molecule has 0 saturated carbocycles. The number of nitrogens with two attached hydrogens (primary N) is 1. The van der Waals surface area contributed by atoms with E-state index < -0.39 is 17.8 Å². The van der Waals surface area contributed by atoms with E-state index in [1.807, 2.05) is 6.92 Å². The first kappa shape index (κ1) is 14.3. The number of hydrogen-bond donors (Lipinski definition) is 1. The molecule has 0 aliphatic rings. The molecule has 1 aromatic carbocycles. The summed E-state index contributed by atoms with van der Waals surface area (Å²) in [5.41, 5.74) is 5.18. The summed E-state index contributed by atoms with van der Waals surface area (Å²) in [6.07, 6.45) is -2.16. The molecule has 1 rings (SSSR count). The van der Waals surface area contributed by atoms with E-state index in [2.05, 4.69) is 0 Å². The van der Waals surface area contributed by atoms with E-state index in [1.54, 1.807) is 0 Å². The predicted molar refractivity (Wildman–Crippen MR) is 62.9 cm³/mol. The van der Waals surface area contributed by atoms with Gasteiger partial charge in [0.05, 0.1) is 5.56 Å². The van der Waals surface area contributed by atoms with Crippen molar-refractivity contribution in [3.8, 4) is 0 Å². The monoisotopic (exact) mass is 265 g/mol. The molecule has 0 spiro atoms. The number of rotatable bonds is 4. The van der Waals surface area contributed by atoms with Crippen LogP contribution in [0.5, 0.6) is 0 Å². The van der Waals surface area contributed by atoms with E-state index in [9.17, 15) is 13.2 Å². The average Bonchev–Trinajstić information content (AvgIpc) is 2.24. The standard InChI is InChI=1S/C12H15ClF3N/c1-2-3-4-11(17)9-6-5-8(13)7-10(9)12(14,15)16/h5-7,11H,2-4,17H2,1H3/t11-/m0/s1. The van der Waals surface area contributed by atoms with Crippen molar-refractivity contribution in [2.75, 3.05) is 0 Å². The number of hydrogen-bond acceptors (Lipinski definition) is 1. The molecular weight excluding hydrogens is 251 g/mol. The molecule has 0 aliphatic heterocycles. The van der Waals surface area contributed by atoms with E-state index in [0.29, 0.717) is 6.42 Å². The highest BCUT2D eigenvalue weighted by molar-refractivity contribution is 6.30. The quantitative estimate of drug-likeness (QED) is 0.849. The van der Waals surface area contributed by atoms with Gasteiger partial charge in [0.2, 0.25) is 0 Å². The van der Waals surface area contributed by atoms with Crippen LogP contribution < -0.4 is 5.73 Å². The predicted octanol–water partition coefficient (Wildman–Crippen LogP) is 4.55. The normalized spacial score (nSPS) is 13.8. The first-order chi connectivity index (χ1) is 7.86. The van der Waals surface area contributed by atoms with Gasteiger partial charge in [-0.15, -0.1) is 0 Å². The third kappa shape index (κ3) is 3.89. The van der Waals surface area contributed by atoms with Gasteiger partial charge < -0.3 is 5.73 Å². The highest BCUT2D eigenvalue weighted by Crippen LogP contribution is 2.36. The van der Waals surface area contributed by atoms with E-state index in [1.165, 1.54) is 12.1 Å². The summed E-state index contributed by atoms with van der Waals surface area (Å²) in [5.74, 6) is 0. The molecule has 0 aliphatic carbocycles. The first-order valence-corrected chi connectivity index (χ1v) is 5.86. The smallest absolute Gasteiger partial charge is 0.324 e. The van der Waals surface area contributed by atoms with Crippen molar-refractivity contribution in [3.63, 3.8) is 0 Å². The van der Waals surface area contributed by atoms with Gasteiger partial charge >= 0.3 is 6.18 Å². The van der Waals surface area contributed by atoms with Gasteiger partial charge in [0.15, 0.2) is 0 Å². The van der Waals surface area contributed by atoms with Crippen LogP contribution in [-0.2, 0) is 6.18 Å². The molecule has 1 nitrogen and oxygen atoms in total. The Morgan fingerprint density at radius 3 is 2.53 bits per heavy atom. The molecule has 0 heterocycles. The van der Waals surface area contributed by atoms with Gasteiger partial charge in [0, 0.05) is 11.1 Å². The largest absolute Gasteiger partial charge is 0.416 e. The van der Waals surface area contributed by atoms with Gasteiger partial charge in [-0.05, 0) is 24.1 Å². The SMILES string of the molecule is CCCC[C@H](N)c1ccc(Cl)cc1C(F)(F)F. The van der Waals surface area contributed by atoms with Crippen LogP contribution in [0, 0.1) is 0 Å². The Morgan fingerprint density at radius 2 is 2.00 bits per heavy atom. The highest BCUT2D eigenvalue weighted by atomic mass is 35.5. The van der Waals surface area contributed by atoms with E-state index in [4.69, 9.17) is 17.3 Å². The third-order valence-corrected chi connectivity index (χ3v) is 2.82. The maximum Gasteiger partial charge on any atom is 0.416 e. The van der Waals surface area contributed by atoms with Crippen LogP contribution in [0.4, 0.5) is 13.2 Å². The molecule has 0 fully saturated rings. The molecule has 0 aromatic heterocycles. The van der Waals surface area contributed by atoms with Crippen LogP contribution in [0.25, 0.3) is 0 Å². The van der Waals surface area contributed by atoms with Gasteiger partial charge in [-0.1, -0.05) is 37.4 Å². The lowest BCUT2D eigenvalue weighted by molar-refractivity contribution is -0.138. The number of unbranched alkanes of at least 4 members (excludes halogenated alkanes) is 1. The van der Waals surface area contributed by atoms with Crippen molar-refractivity contribution >= 4 is 11.6 Å². The molecule has 0 amide bonds. The van der Waals surface area contributed by atoms with Crippen LogP contribution >= 0.6 is 11.6 Å². The summed E-state index contributed by atoms with van der Waals surface area (Å²) in [7, 11) is 0. The molecule has 0 radical (unpaired) electrons. The minimum absolute atomic E-state index is 0.0729. The van der Waals surface area contributed by atoms with Crippen molar-refractivity contribution in [2.24, 2.45) is 5.73 Å². The summed E-state index contributed by atoms with van der Waals surface area (Å²) < 4.78 is 38.4. The first-order valence-electron chi connectivity index (χ1n) is 5.48. The third-order valence-electron chi connectivity index (χ3n) is 2.59. The van der Waals surface area contributed by atoms with Gasteiger partial charge in [0.25, 0.3) is 0 Å². The van der Waals surface area contributed by atoms with Gasteiger partial charge in [0.1, 0.15) is 0 Å². The molecular formula is C12H15ClF3N. The minimum atomic E-state index is -4.41. The Bertz CT molecular complexity index is 377. The van der Waals surface area contributed by atoms with Crippen molar-refractivity contribution in [2.45, 2.75) is 38.4 Å². The average molecular weight is 266 g/mol. The number of benzene rings is 1. The van der Waals surface area contributed by atoms with Gasteiger partial charge in [-0.2, -0.15) is 13.2 Å². The Hall–Kier alpha value is -0.740. The number of alkyl halides is 3. The molecule has 17 heavy (non-hydrogen) atoms. The molecule has 96 valence electrons. The Morgan fingerprint density at radius 1 is 1.35 bits per heavy atom. The molecule has 0 unspecified atom stereocenters. The lowest BCUT2D eigenvalue weighted by Gasteiger charge is -2.18. The molecule has 5 heteroatoms. The van der Waals surface area contributed by atoms with Gasteiger partial charge in [-0.3, -0.25) is 0 Å². The minimum Gasteiger partial charge on any atom is -0.324 e. The summed E-state index contributed by atoms with van der Waals surface area (Å²) in [6, 6.07) is 3.15. The fourth-order valence-corrected chi connectivity index (χ4v) is 1.85. The second kappa shape index (κ2) is 5.74. The summed E-state index contributed by atoms with van der Waals surface area (Å²) in [4.78, 5) is 0. The van der Waals surface area contributed by atoms with Crippen LogP contribution in [0.1, 0.15) is 43.4 Å². The van der Waals surface area contributed by atoms with Crippen molar-refractivity contribution in [1.82, 2.24) is 0 Å². The second-order valence-electron chi connectivity index (χ2n) is 3.98. The van der Waals surface area contributed by atoms with Crippen molar-refractivity contribution in [3.05, 3.63) is 34.3 Å². The fourth-order valence-electron chi connectivity index (χ4n) is 1.68. The topological polar surface area (TPSA) is 26.0 Å². The fraction of sp³-hybridized carbons (Fsp3) is 0.500. The Labute approximate surface area is 104 Å². The van der Waals surface area contributed by atoms with E-state index >= 15 is 0 Å². The molecule has 1 aromatic rings. The highest BCUT2D eigenvalue weighted by Gasteiger charge is 2.34. The lowest BCUT2D eigenvalue weighted by atomic mass is 9.96. The lowest BCUT2D eigenvalue weighted by Crippen LogP contribution is -2.17. The zero-order chi connectivity index (χ0) is 13.1. The number of halogens is 4. The van der Waals surface area contributed by atoms with Gasteiger partial charge in [-0.25, -0.2) is 0 Å². The van der Waals surface area contributed by atoms with Crippen LogP contribution in [0.3, 0.4) is 0 Å². The maximum atomic E-state index is 12.8. The molecule has 0 bridgehead atoms. The van der Waals surface area contributed by atoms with E-state index in [0.717, 1.165) is 18.9 Å². The zero-order valence-electron chi connectivity index (χ0n) is 9.52. The van der Waals surface area contributed by atoms with Crippen LogP contribution in [0.2, 0.25) is 5.02 Å². The summed E-state index contributed by atoms with van der Waals surface area (Å²) >= 11 is 5.59. The molecule has 1 atom stereocenters. The second-order valence-corrected chi connectivity index (χ2v) is 4.41. The van der Waals surface area contributed by atoms with Crippen LogP contribution in [0.15, 0.2) is 18.2 Å². The Kier molecular flexibility index (Phi) is 4.83.